The van der Waals surface area contributed by atoms with Gasteiger partial charge in [0.25, 0.3) is 0 Å². The van der Waals surface area contributed by atoms with Crippen LogP contribution in [0.2, 0.25) is 0 Å². The smallest absolute Gasteiger partial charge is 0.330 e. The second-order valence-electron chi connectivity index (χ2n) is 8.18. The van der Waals surface area contributed by atoms with Crippen LogP contribution < -0.4 is 0 Å². The van der Waals surface area contributed by atoms with Gasteiger partial charge in [0.05, 0.1) is 6.61 Å². The van der Waals surface area contributed by atoms with Crippen LogP contribution in [-0.4, -0.2) is 34.5 Å². The summed E-state index contributed by atoms with van der Waals surface area (Å²) < 4.78 is 0. The summed E-state index contributed by atoms with van der Waals surface area (Å²) in [5.74, 6) is 1.91. The Morgan fingerprint density at radius 2 is 2.12 bits per heavy atom. The molecule has 2 saturated carbocycles. The van der Waals surface area contributed by atoms with Crippen molar-refractivity contribution in [2.24, 2.45) is 35.0 Å². The molecule has 0 amide bonds. The van der Waals surface area contributed by atoms with E-state index in [0.29, 0.717) is 29.7 Å². The fourth-order valence-corrected chi connectivity index (χ4v) is 6.04. The molecule has 3 N–H and O–H groups in total. The number of allylic oxidation sites excluding steroid dienone is 2. The van der Waals surface area contributed by atoms with Gasteiger partial charge in [-0.15, -0.1) is 0 Å². The molecule has 3 aliphatic carbocycles. The minimum absolute atomic E-state index is 0.0841. The minimum Gasteiger partial charge on any atom is -0.478 e. The molecule has 0 unspecified atom stereocenters. The van der Waals surface area contributed by atoms with E-state index in [1.807, 2.05) is 0 Å². The van der Waals surface area contributed by atoms with Gasteiger partial charge in [-0.2, -0.15) is 0 Å². The molecule has 0 radical (unpaired) electrons. The molecule has 0 heterocycles. The molecule has 3 aliphatic rings. The van der Waals surface area contributed by atoms with Crippen molar-refractivity contribution in [3.8, 4) is 0 Å². The van der Waals surface area contributed by atoms with Crippen LogP contribution in [-0.2, 0) is 4.79 Å². The Morgan fingerprint density at radius 1 is 1.38 bits per heavy atom. The van der Waals surface area contributed by atoms with Crippen LogP contribution in [0.1, 0.15) is 46.0 Å². The summed E-state index contributed by atoms with van der Waals surface area (Å²) in [6, 6.07) is 0. The number of hydrogen-bond donors (Lipinski definition) is 3. The number of aliphatic carboxylic acids is 1. The fraction of sp³-hybridized carbons (Fsp3) is 0.750. The maximum Gasteiger partial charge on any atom is 0.330 e. The normalized spacial score (nSPS) is 41.2. The van der Waals surface area contributed by atoms with Crippen molar-refractivity contribution in [1.82, 2.24) is 0 Å². The molecule has 6 atom stereocenters. The Kier molecular flexibility index (Phi) is 4.89. The van der Waals surface area contributed by atoms with Gasteiger partial charge in [-0.05, 0) is 67.8 Å². The Morgan fingerprint density at radius 3 is 2.75 bits per heavy atom. The van der Waals surface area contributed by atoms with Crippen molar-refractivity contribution >= 4 is 5.97 Å². The summed E-state index contributed by atoms with van der Waals surface area (Å²) in [5, 5.41) is 29.1. The van der Waals surface area contributed by atoms with Gasteiger partial charge in [0.1, 0.15) is 0 Å². The SMILES string of the molecule is C/C(=C\CC[C@]1(CO)[C@@H]2C(CO)=CC[C@H]3[C@@H]2[C@@H]1CC[C@H]3C)C(=O)O. The van der Waals surface area contributed by atoms with Crippen LogP contribution in [0.15, 0.2) is 23.3 Å². The van der Waals surface area contributed by atoms with Gasteiger partial charge in [0, 0.05) is 17.6 Å². The molecule has 2 fully saturated rings. The molecule has 24 heavy (non-hydrogen) atoms. The number of carbonyl (C=O) groups is 1. The number of carboxylic acid groups (broad SMARTS) is 1. The standard InChI is InChI=1S/C20H30O4/c1-12-5-8-16-17-15(12)7-6-14(10-21)18(17)20(16,11-22)9-3-4-13(2)19(23)24/h4,6,12,15-18,21-22H,3,5,7-11H2,1-2H3,(H,23,24)/b13-4+/t12-,15-,16+,17-,18-,20-/m1/s1. The number of rotatable bonds is 6. The highest BCUT2D eigenvalue weighted by atomic mass is 16.4. The monoisotopic (exact) mass is 334 g/mol. The van der Waals surface area contributed by atoms with Crippen molar-refractivity contribution in [2.45, 2.75) is 46.0 Å². The Hall–Kier alpha value is -1.13. The Labute approximate surface area is 144 Å². The third-order valence-corrected chi connectivity index (χ3v) is 7.29. The first-order valence-electron chi connectivity index (χ1n) is 9.27. The van der Waals surface area contributed by atoms with Crippen molar-refractivity contribution in [2.75, 3.05) is 13.2 Å². The molecular formula is C20H30O4. The number of hydrogen-bond acceptors (Lipinski definition) is 3. The predicted octanol–water partition coefficient (Wildman–Crippen LogP) is 3.01. The molecule has 4 heteroatoms. The third-order valence-electron chi connectivity index (χ3n) is 7.29. The van der Waals surface area contributed by atoms with E-state index in [1.54, 1.807) is 13.0 Å². The van der Waals surface area contributed by atoms with E-state index in [2.05, 4.69) is 13.0 Å². The van der Waals surface area contributed by atoms with Crippen molar-refractivity contribution in [3.63, 3.8) is 0 Å². The first kappa shape index (κ1) is 17.7. The third kappa shape index (κ3) is 2.55. The molecule has 0 aliphatic heterocycles. The zero-order valence-electron chi connectivity index (χ0n) is 14.7. The summed E-state index contributed by atoms with van der Waals surface area (Å²) >= 11 is 0. The van der Waals surface area contributed by atoms with Gasteiger partial charge in [-0.1, -0.05) is 25.5 Å². The largest absolute Gasteiger partial charge is 0.478 e. The lowest BCUT2D eigenvalue weighted by molar-refractivity contribution is -0.196. The summed E-state index contributed by atoms with van der Waals surface area (Å²) in [7, 11) is 0. The van der Waals surface area contributed by atoms with Crippen LogP contribution >= 0.6 is 0 Å². The maximum absolute atomic E-state index is 11.0. The summed E-state index contributed by atoms with van der Waals surface area (Å²) in [6.07, 6.45) is 8.91. The van der Waals surface area contributed by atoms with Crippen molar-refractivity contribution in [1.29, 1.82) is 0 Å². The lowest BCUT2D eigenvalue weighted by Gasteiger charge is -2.68. The molecule has 0 aromatic rings. The molecule has 0 bridgehead atoms. The quantitative estimate of drug-likeness (QED) is 0.515. The molecule has 3 rings (SSSR count). The van der Waals surface area contributed by atoms with E-state index in [9.17, 15) is 15.0 Å². The zero-order valence-corrected chi connectivity index (χ0v) is 14.7. The highest BCUT2D eigenvalue weighted by Crippen LogP contribution is 2.69. The van der Waals surface area contributed by atoms with E-state index in [4.69, 9.17) is 5.11 Å². The molecular weight excluding hydrogens is 304 g/mol. The van der Waals surface area contributed by atoms with Crippen LogP contribution in [0.25, 0.3) is 0 Å². The molecule has 134 valence electrons. The summed E-state index contributed by atoms with van der Waals surface area (Å²) in [6.45, 7) is 4.18. The van der Waals surface area contributed by atoms with Crippen molar-refractivity contribution < 1.29 is 20.1 Å². The van der Waals surface area contributed by atoms with E-state index in [-0.39, 0.29) is 24.5 Å². The van der Waals surface area contributed by atoms with E-state index < -0.39 is 5.97 Å². The first-order valence-corrected chi connectivity index (χ1v) is 9.27. The fourth-order valence-electron chi connectivity index (χ4n) is 6.04. The van der Waals surface area contributed by atoms with E-state index in [1.165, 1.54) is 6.42 Å². The second-order valence-corrected chi connectivity index (χ2v) is 8.18. The highest BCUT2D eigenvalue weighted by Gasteiger charge is 2.65. The maximum atomic E-state index is 11.0. The molecule has 4 nitrogen and oxygen atoms in total. The van der Waals surface area contributed by atoms with Crippen LogP contribution in [0.4, 0.5) is 0 Å². The lowest BCUT2D eigenvalue weighted by atomic mass is 9.36. The Balaban J connectivity index is 1.84. The van der Waals surface area contributed by atoms with Gasteiger partial charge in [0.15, 0.2) is 0 Å². The minimum atomic E-state index is -0.875. The Bertz CT molecular complexity index is 564. The van der Waals surface area contributed by atoms with Crippen molar-refractivity contribution in [3.05, 3.63) is 23.3 Å². The molecule has 0 aromatic carbocycles. The average Bonchev–Trinajstić information content (AvgIpc) is 2.57. The average molecular weight is 334 g/mol. The number of aliphatic hydroxyl groups excluding tert-OH is 2. The predicted molar refractivity (Wildman–Crippen MR) is 92.3 cm³/mol. The zero-order chi connectivity index (χ0) is 17.5. The van der Waals surface area contributed by atoms with E-state index in [0.717, 1.165) is 30.8 Å². The molecule has 0 saturated heterocycles. The molecule has 0 aromatic heterocycles. The highest BCUT2D eigenvalue weighted by molar-refractivity contribution is 5.85. The van der Waals surface area contributed by atoms with Crippen LogP contribution in [0.5, 0.6) is 0 Å². The second kappa shape index (κ2) is 6.64. The lowest BCUT2D eigenvalue weighted by Crippen LogP contribution is -2.65. The van der Waals surface area contributed by atoms with Gasteiger partial charge in [0.2, 0.25) is 0 Å². The summed E-state index contributed by atoms with van der Waals surface area (Å²) in [5.41, 5.74) is 1.30. The molecule has 0 spiro atoms. The van der Waals surface area contributed by atoms with E-state index >= 15 is 0 Å². The first-order chi connectivity index (χ1) is 11.5. The van der Waals surface area contributed by atoms with Gasteiger partial charge >= 0.3 is 5.97 Å². The van der Waals surface area contributed by atoms with Crippen LogP contribution in [0.3, 0.4) is 0 Å². The number of aliphatic hydroxyl groups is 2. The van der Waals surface area contributed by atoms with Gasteiger partial charge < -0.3 is 15.3 Å². The number of carboxylic acids is 1. The summed E-state index contributed by atoms with van der Waals surface area (Å²) in [4.78, 5) is 11.0. The van der Waals surface area contributed by atoms with Gasteiger partial charge in [-0.25, -0.2) is 4.79 Å². The van der Waals surface area contributed by atoms with Crippen LogP contribution in [0, 0.1) is 35.0 Å². The topological polar surface area (TPSA) is 77.8 Å². The van der Waals surface area contributed by atoms with Gasteiger partial charge in [-0.3, -0.25) is 0 Å².